The van der Waals surface area contributed by atoms with Crippen LogP contribution in [0.3, 0.4) is 0 Å². The van der Waals surface area contributed by atoms with E-state index in [9.17, 15) is 9.59 Å². The number of benzene rings is 1. The van der Waals surface area contributed by atoms with E-state index in [0.717, 1.165) is 16.9 Å². The molecule has 2 N–H and O–H groups in total. The molecule has 0 spiro atoms. The first kappa shape index (κ1) is 17.3. The normalized spacial score (nSPS) is 10.4. The third kappa shape index (κ3) is 4.13. The van der Waals surface area contributed by atoms with E-state index in [4.69, 9.17) is 4.74 Å². The number of aromatic amines is 1. The lowest BCUT2D eigenvalue weighted by molar-refractivity contribution is 0.102. The number of aromatic nitrogens is 3. The second kappa shape index (κ2) is 7.60. The van der Waals surface area contributed by atoms with Gasteiger partial charge in [-0.15, -0.1) is 0 Å². The van der Waals surface area contributed by atoms with Crippen LogP contribution in [-0.2, 0) is 6.42 Å². The minimum absolute atomic E-state index is 0.0438. The number of ether oxygens (including phenoxy) is 1. The van der Waals surface area contributed by atoms with Gasteiger partial charge in [-0.3, -0.25) is 9.59 Å². The number of methoxy groups -OCH3 is 1. The predicted octanol–water partition coefficient (Wildman–Crippen LogP) is 2.33. The number of pyridine rings is 1. The van der Waals surface area contributed by atoms with Crippen LogP contribution in [-0.4, -0.2) is 28.0 Å². The van der Waals surface area contributed by atoms with Gasteiger partial charge in [-0.25, -0.2) is 9.97 Å². The first-order chi connectivity index (χ1) is 12.5. The molecular weight excluding hydrogens is 332 g/mol. The predicted molar refractivity (Wildman–Crippen MR) is 97.6 cm³/mol. The zero-order valence-electron chi connectivity index (χ0n) is 14.4. The average molecular weight is 350 g/mol. The molecule has 7 nitrogen and oxygen atoms in total. The highest BCUT2D eigenvalue weighted by atomic mass is 16.5. The molecule has 0 saturated heterocycles. The molecule has 132 valence electrons. The van der Waals surface area contributed by atoms with Gasteiger partial charge in [-0.1, -0.05) is 18.2 Å². The maximum absolute atomic E-state index is 12.4. The van der Waals surface area contributed by atoms with Crippen LogP contribution in [0.1, 0.15) is 27.4 Å². The van der Waals surface area contributed by atoms with Crippen LogP contribution >= 0.6 is 0 Å². The third-order valence-electron chi connectivity index (χ3n) is 3.80. The molecule has 2 aromatic heterocycles. The fraction of sp³-hybridized carbons (Fsp3) is 0.158. The molecule has 0 aliphatic carbocycles. The summed E-state index contributed by atoms with van der Waals surface area (Å²) in [5, 5.41) is 2.68. The van der Waals surface area contributed by atoms with Gasteiger partial charge in [-0.05, 0) is 36.2 Å². The van der Waals surface area contributed by atoms with Crippen molar-refractivity contribution in [2.24, 2.45) is 0 Å². The zero-order chi connectivity index (χ0) is 18.5. The molecule has 3 aromatic rings. The van der Waals surface area contributed by atoms with Crippen molar-refractivity contribution >= 4 is 11.7 Å². The van der Waals surface area contributed by atoms with Gasteiger partial charge in [0.05, 0.1) is 7.11 Å². The largest absolute Gasteiger partial charge is 0.497 e. The third-order valence-corrected chi connectivity index (χ3v) is 3.80. The Morgan fingerprint density at radius 1 is 1.23 bits per heavy atom. The molecule has 1 aromatic carbocycles. The van der Waals surface area contributed by atoms with Gasteiger partial charge in [0.25, 0.3) is 11.5 Å². The number of aryl methyl sites for hydroxylation is 1. The number of nitrogens with one attached hydrogen (secondary N) is 2. The van der Waals surface area contributed by atoms with Gasteiger partial charge >= 0.3 is 0 Å². The lowest BCUT2D eigenvalue weighted by Gasteiger charge is -2.08. The Labute approximate surface area is 150 Å². The maximum atomic E-state index is 12.4. The van der Waals surface area contributed by atoms with Crippen LogP contribution in [0.15, 0.2) is 53.5 Å². The second-order valence-corrected chi connectivity index (χ2v) is 5.73. The molecule has 0 aliphatic rings. The van der Waals surface area contributed by atoms with Crippen molar-refractivity contribution in [1.29, 1.82) is 0 Å². The van der Waals surface area contributed by atoms with E-state index in [0.29, 0.717) is 18.1 Å². The molecule has 7 heteroatoms. The molecule has 2 heterocycles. The van der Waals surface area contributed by atoms with Gasteiger partial charge in [0.15, 0.2) is 0 Å². The van der Waals surface area contributed by atoms with Crippen LogP contribution in [0.4, 0.5) is 5.82 Å². The number of anilines is 1. The SMILES string of the molecule is COc1ccc(Cc2nc(C(=O)Nc3ncccc3C)cc(=O)[nH]2)cc1. The van der Waals surface area contributed by atoms with Crippen molar-refractivity contribution in [2.75, 3.05) is 12.4 Å². The lowest BCUT2D eigenvalue weighted by atomic mass is 10.1. The minimum atomic E-state index is -0.478. The highest BCUT2D eigenvalue weighted by Gasteiger charge is 2.12. The van der Waals surface area contributed by atoms with E-state index in [1.165, 1.54) is 6.07 Å². The van der Waals surface area contributed by atoms with Crippen LogP contribution in [0.25, 0.3) is 0 Å². The Balaban J connectivity index is 1.81. The van der Waals surface area contributed by atoms with Gasteiger partial charge < -0.3 is 15.0 Å². The van der Waals surface area contributed by atoms with Crippen molar-refractivity contribution in [3.05, 3.63) is 81.7 Å². The molecule has 3 rings (SSSR count). The van der Waals surface area contributed by atoms with E-state index in [1.807, 2.05) is 37.3 Å². The van der Waals surface area contributed by atoms with Crippen LogP contribution < -0.4 is 15.6 Å². The fourth-order valence-corrected chi connectivity index (χ4v) is 2.43. The minimum Gasteiger partial charge on any atom is -0.497 e. The van der Waals surface area contributed by atoms with Crippen molar-refractivity contribution in [3.63, 3.8) is 0 Å². The number of rotatable bonds is 5. The summed E-state index contributed by atoms with van der Waals surface area (Å²) in [6.45, 7) is 1.84. The monoisotopic (exact) mass is 350 g/mol. The second-order valence-electron chi connectivity index (χ2n) is 5.73. The first-order valence-electron chi connectivity index (χ1n) is 8.01. The Hall–Kier alpha value is -3.48. The zero-order valence-corrected chi connectivity index (χ0v) is 14.4. The van der Waals surface area contributed by atoms with Gasteiger partial charge in [0.2, 0.25) is 0 Å². The highest BCUT2D eigenvalue weighted by Crippen LogP contribution is 2.14. The molecule has 1 amide bonds. The molecule has 0 bridgehead atoms. The number of nitrogens with zero attached hydrogens (tertiary/aromatic N) is 2. The summed E-state index contributed by atoms with van der Waals surface area (Å²) < 4.78 is 5.12. The molecule has 0 saturated carbocycles. The maximum Gasteiger partial charge on any atom is 0.275 e. The van der Waals surface area contributed by atoms with Gasteiger partial charge in [0, 0.05) is 18.7 Å². The number of carbonyl (C=O) groups excluding carboxylic acids is 1. The summed E-state index contributed by atoms with van der Waals surface area (Å²) >= 11 is 0. The Bertz CT molecular complexity index is 981. The van der Waals surface area contributed by atoms with E-state index in [1.54, 1.807) is 19.4 Å². The average Bonchev–Trinajstić information content (AvgIpc) is 2.64. The molecule has 0 radical (unpaired) electrons. The molecule has 0 fully saturated rings. The topological polar surface area (TPSA) is 97.0 Å². The van der Waals surface area contributed by atoms with Crippen LogP contribution in [0, 0.1) is 6.92 Å². The number of carbonyl (C=O) groups is 1. The summed E-state index contributed by atoms with van der Waals surface area (Å²) in [4.78, 5) is 35.4. The van der Waals surface area contributed by atoms with Crippen molar-refractivity contribution in [2.45, 2.75) is 13.3 Å². The summed E-state index contributed by atoms with van der Waals surface area (Å²) in [6.07, 6.45) is 1.98. The van der Waals surface area contributed by atoms with Crippen LogP contribution in [0.2, 0.25) is 0 Å². The summed E-state index contributed by atoms with van der Waals surface area (Å²) in [7, 11) is 1.60. The number of hydrogen-bond donors (Lipinski definition) is 2. The summed E-state index contributed by atoms with van der Waals surface area (Å²) in [5.41, 5.74) is 1.42. The quantitative estimate of drug-likeness (QED) is 0.736. The Morgan fingerprint density at radius 2 is 2.00 bits per heavy atom. The summed E-state index contributed by atoms with van der Waals surface area (Å²) in [6, 6.07) is 12.2. The fourth-order valence-electron chi connectivity index (χ4n) is 2.43. The number of amides is 1. The number of H-pyrrole nitrogens is 1. The molecule has 0 unspecified atom stereocenters. The van der Waals surface area contributed by atoms with Crippen LogP contribution in [0.5, 0.6) is 5.75 Å². The van der Waals surface area contributed by atoms with E-state index in [-0.39, 0.29) is 11.3 Å². The van der Waals surface area contributed by atoms with E-state index < -0.39 is 5.91 Å². The molecule has 0 atom stereocenters. The molecular formula is C19H18N4O3. The van der Waals surface area contributed by atoms with Gasteiger partial charge in [0.1, 0.15) is 23.1 Å². The van der Waals surface area contributed by atoms with Crippen molar-refractivity contribution in [3.8, 4) is 5.75 Å². The van der Waals surface area contributed by atoms with Crippen molar-refractivity contribution in [1.82, 2.24) is 15.0 Å². The molecule has 0 aliphatic heterocycles. The summed E-state index contributed by atoms with van der Waals surface area (Å²) in [5.74, 6) is 1.12. The Kier molecular flexibility index (Phi) is 5.07. The standard InChI is InChI=1S/C19H18N4O3/c1-12-4-3-9-20-18(12)23-19(25)15-11-17(24)22-16(21-15)10-13-5-7-14(26-2)8-6-13/h3-9,11H,10H2,1-2H3,(H,20,23,25)(H,21,22,24). The Morgan fingerprint density at radius 3 is 2.69 bits per heavy atom. The van der Waals surface area contributed by atoms with E-state index in [2.05, 4.69) is 20.3 Å². The lowest BCUT2D eigenvalue weighted by Crippen LogP contribution is -2.21. The molecule has 26 heavy (non-hydrogen) atoms. The highest BCUT2D eigenvalue weighted by molar-refractivity contribution is 6.02. The van der Waals surface area contributed by atoms with E-state index >= 15 is 0 Å². The van der Waals surface area contributed by atoms with Gasteiger partial charge in [-0.2, -0.15) is 0 Å². The smallest absolute Gasteiger partial charge is 0.275 e. The number of hydrogen-bond acceptors (Lipinski definition) is 5. The van der Waals surface area contributed by atoms with Crippen molar-refractivity contribution < 1.29 is 9.53 Å². The first-order valence-corrected chi connectivity index (χ1v) is 8.01.